The summed E-state index contributed by atoms with van der Waals surface area (Å²) in [6, 6.07) is 8.40. The maximum atomic E-state index is 9.02. The highest BCUT2D eigenvalue weighted by Gasteiger charge is 2.38. The average Bonchev–Trinajstić information content (AvgIpc) is 2.74. The number of benzene rings is 1. The van der Waals surface area contributed by atoms with Crippen LogP contribution in [-0.4, -0.2) is 0 Å². The van der Waals surface area contributed by atoms with E-state index in [0.717, 1.165) is 5.56 Å². The molecule has 0 heterocycles. The first-order valence-corrected chi connectivity index (χ1v) is 5.79. The summed E-state index contributed by atoms with van der Waals surface area (Å²) in [7, 11) is 0. The molecule has 1 aromatic carbocycles. The van der Waals surface area contributed by atoms with Gasteiger partial charge >= 0.3 is 0 Å². The van der Waals surface area contributed by atoms with Gasteiger partial charge in [-0.25, -0.2) is 0 Å². The molecule has 0 fully saturated rings. The van der Waals surface area contributed by atoms with Crippen LogP contribution in [0.4, 0.5) is 0 Å². The van der Waals surface area contributed by atoms with Crippen molar-refractivity contribution in [2.24, 2.45) is 0 Å². The molecule has 3 rings (SSSR count). The van der Waals surface area contributed by atoms with E-state index in [4.69, 9.17) is 5.26 Å². The molecular weight excluding hydrogens is 285 g/mol. The van der Waals surface area contributed by atoms with Crippen LogP contribution in [0.3, 0.4) is 0 Å². The molecule has 14 heavy (non-hydrogen) atoms. The van der Waals surface area contributed by atoms with Crippen molar-refractivity contribution in [3.63, 3.8) is 0 Å². The third-order valence-corrected chi connectivity index (χ3v) is 4.30. The Labute approximate surface area is 96.6 Å². The molecule has 0 N–H and O–H groups in total. The van der Waals surface area contributed by atoms with E-state index in [0.29, 0.717) is 11.8 Å². The largest absolute Gasteiger partial charge is 0.192 e. The summed E-state index contributed by atoms with van der Waals surface area (Å²) in [5.41, 5.74) is 3.55. The Balaban J connectivity index is 2.27. The van der Waals surface area contributed by atoms with Gasteiger partial charge in [-0.05, 0) is 49.8 Å². The Hall–Kier alpha value is -0.820. The summed E-state index contributed by atoms with van der Waals surface area (Å²) in [6.07, 6.45) is 3.50. The van der Waals surface area contributed by atoms with Gasteiger partial charge in [-0.2, -0.15) is 5.26 Å². The van der Waals surface area contributed by atoms with E-state index in [1.165, 1.54) is 21.1 Å². The third-order valence-electron chi connectivity index (χ3n) is 3.19. The summed E-state index contributed by atoms with van der Waals surface area (Å²) in [6.45, 7) is 0. The molecule has 0 saturated carbocycles. The second-order valence-electron chi connectivity index (χ2n) is 3.87. The lowest BCUT2D eigenvalue weighted by atomic mass is 9.93. The van der Waals surface area contributed by atoms with Gasteiger partial charge in [0, 0.05) is 11.8 Å². The Morgan fingerprint density at radius 3 is 3.07 bits per heavy atom. The van der Waals surface area contributed by atoms with Gasteiger partial charge in [-0.1, -0.05) is 18.2 Å². The van der Waals surface area contributed by atoms with Crippen LogP contribution >= 0.6 is 22.6 Å². The smallest absolute Gasteiger partial charge is 0.0994 e. The summed E-state index contributed by atoms with van der Waals surface area (Å²) in [4.78, 5) is 0. The van der Waals surface area contributed by atoms with E-state index in [1.807, 2.05) is 12.1 Å². The molecule has 1 nitrogen and oxygen atoms in total. The van der Waals surface area contributed by atoms with Crippen molar-refractivity contribution in [1.82, 2.24) is 0 Å². The van der Waals surface area contributed by atoms with Crippen LogP contribution < -0.4 is 0 Å². The second-order valence-corrected chi connectivity index (χ2v) is 5.11. The van der Waals surface area contributed by atoms with Crippen LogP contribution in [-0.2, 0) is 0 Å². The van der Waals surface area contributed by atoms with E-state index in [2.05, 4.69) is 40.8 Å². The van der Waals surface area contributed by atoms with Crippen molar-refractivity contribution < 1.29 is 0 Å². The summed E-state index contributed by atoms with van der Waals surface area (Å²) in [5, 5.41) is 9.02. The monoisotopic (exact) mass is 293 g/mol. The van der Waals surface area contributed by atoms with Gasteiger partial charge < -0.3 is 0 Å². The fourth-order valence-corrected chi connectivity index (χ4v) is 3.64. The maximum Gasteiger partial charge on any atom is 0.0994 e. The Kier molecular flexibility index (Phi) is 1.72. The van der Waals surface area contributed by atoms with Gasteiger partial charge in [0.2, 0.25) is 0 Å². The normalized spacial score (nSPS) is 27.0. The zero-order chi connectivity index (χ0) is 9.71. The summed E-state index contributed by atoms with van der Waals surface area (Å²) < 4.78 is 1.45. The van der Waals surface area contributed by atoms with Crippen LogP contribution in [0.2, 0.25) is 0 Å². The Bertz CT molecular complexity index is 482. The van der Waals surface area contributed by atoms with Crippen molar-refractivity contribution in [1.29, 1.82) is 5.26 Å². The van der Waals surface area contributed by atoms with E-state index in [9.17, 15) is 0 Å². The van der Waals surface area contributed by atoms with Gasteiger partial charge in [0.1, 0.15) is 0 Å². The van der Waals surface area contributed by atoms with Gasteiger partial charge in [0.25, 0.3) is 0 Å². The molecule has 0 aromatic heterocycles. The molecule has 0 amide bonds. The van der Waals surface area contributed by atoms with Gasteiger partial charge in [-0.3, -0.25) is 0 Å². The number of nitrogens with zero attached hydrogens (tertiary/aromatic N) is 1. The summed E-state index contributed by atoms with van der Waals surface area (Å²) in [5.74, 6) is 1.10. The van der Waals surface area contributed by atoms with Gasteiger partial charge in [0.05, 0.1) is 11.6 Å². The molecule has 0 saturated heterocycles. The highest BCUT2D eigenvalue weighted by Crippen LogP contribution is 2.54. The topological polar surface area (TPSA) is 23.8 Å². The van der Waals surface area contributed by atoms with E-state index < -0.39 is 0 Å². The zero-order valence-electron chi connectivity index (χ0n) is 7.50. The minimum absolute atomic E-state index is 0.512. The number of hydrogen-bond acceptors (Lipinski definition) is 1. The second kappa shape index (κ2) is 2.83. The van der Waals surface area contributed by atoms with Crippen molar-refractivity contribution in [2.75, 3.05) is 0 Å². The van der Waals surface area contributed by atoms with Crippen LogP contribution in [0, 0.1) is 11.3 Å². The molecule has 0 aliphatic heterocycles. The molecule has 0 radical (unpaired) electrons. The molecule has 1 aromatic rings. The molecule has 2 atom stereocenters. The standard InChI is InChI=1S/C12H8IN/c13-11-5-8-4-10(11)9-3-1-2-7(6-14)12(8)9/h1-3,5,8,10H,4H2/t8-,10-/m0/s1. The number of nitriles is 1. The SMILES string of the molecule is N#Cc1cccc2c1[C@@H]1C=C(I)[C@H]2C1. The van der Waals surface area contributed by atoms with Crippen molar-refractivity contribution in [3.8, 4) is 6.07 Å². The molecule has 0 spiro atoms. The van der Waals surface area contributed by atoms with E-state index in [-0.39, 0.29) is 0 Å². The third kappa shape index (κ3) is 0.936. The average molecular weight is 293 g/mol. The van der Waals surface area contributed by atoms with Crippen molar-refractivity contribution >= 4 is 22.6 Å². The first-order valence-electron chi connectivity index (χ1n) is 4.71. The fourth-order valence-electron chi connectivity index (χ4n) is 2.62. The molecule has 2 aliphatic carbocycles. The lowest BCUT2D eigenvalue weighted by Crippen LogP contribution is -1.98. The number of hydrogen-bond donors (Lipinski definition) is 0. The molecule has 68 valence electrons. The maximum absolute atomic E-state index is 9.02. The van der Waals surface area contributed by atoms with Gasteiger partial charge in [0.15, 0.2) is 0 Å². The number of fused-ring (bicyclic) bond motifs is 5. The van der Waals surface area contributed by atoms with Crippen LogP contribution in [0.1, 0.15) is 34.9 Å². The highest BCUT2D eigenvalue weighted by atomic mass is 127. The predicted molar refractivity (Wildman–Crippen MR) is 63.4 cm³/mol. The quantitative estimate of drug-likeness (QED) is 0.672. The summed E-state index contributed by atoms with van der Waals surface area (Å²) >= 11 is 2.42. The van der Waals surface area contributed by atoms with E-state index in [1.54, 1.807) is 0 Å². The van der Waals surface area contributed by atoms with Crippen LogP contribution in [0.15, 0.2) is 27.9 Å². The molecule has 2 aliphatic rings. The lowest BCUT2D eigenvalue weighted by molar-refractivity contribution is 0.802. The fraction of sp³-hybridized carbons (Fsp3) is 0.250. The highest BCUT2D eigenvalue weighted by molar-refractivity contribution is 14.1. The Morgan fingerprint density at radius 1 is 1.43 bits per heavy atom. The first-order chi connectivity index (χ1) is 6.81. The minimum Gasteiger partial charge on any atom is -0.192 e. The predicted octanol–water partition coefficient (Wildman–Crippen LogP) is 3.46. The molecule has 0 unspecified atom stereocenters. The van der Waals surface area contributed by atoms with Gasteiger partial charge in [-0.15, -0.1) is 0 Å². The first kappa shape index (κ1) is 8.49. The number of halogens is 1. The van der Waals surface area contributed by atoms with Crippen LogP contribution in [0.25, 0.3) is 0 Å². The number of rotatable bonds is 0. The van der Waals surface area contributed by atoms with Crippen molar-refractivity contribution in [2.45, 2.75) is 18.3 Å². The van der Waals surface area contributed by atoms with E-state index >= 15 is 0 Å². The Morgan fingerprint density at radius 2 is 2.29 bits per heavy atom. The molecule has 2 bridgehead atoms. The number of allylic oxidation sites excluding steroid dienone is 2. The molecular formula is C12H8IN. The molecule has 2 heteroatoms. The minimum atomic E-state index is 0.512. The zero-order valence-corrected chi connectivity index (χ0v) is 9.65. The van der Waals surface area contributed by atoms with Crippen LogP contribution in [0.5, 0.6) is 0 Å². The van der Waals surface area contributed by atoms with Crippen molar-refractivity contribution in [3.05, 3.63) is 44.5 Å². The lowest BCUT2D eigenvalue weighted by Gasteiger charge is -2.13.